The molecule has 1 aromatic heterocycles. The predicted octanol–water partition coefficient (Wildman–Crippen LogP) is 4.25. The molecule has 0 saturated carbocycles. The summed E-state index contributed by atoms with van der Waals surface area (Å²) in [5, 5.41) is 2.85. The summed E-state index contributed by atoms with van der Waals surface area (Å²) in [6.07, 6.45) is 3.42. The van der Waals surface area contributed by atoms with E-state index in [9.17, 15) is 8.78 Å². The number of halogens is 3. The lowest BCUT2D eigenvalue weighted by molar-refractivity contribution is 0.579. The molecule has 96 valence electrons. The molecule has 0 aliphatic heterocycles. The van der Waals surface area contributed by atoms with E-state index in [1.54, 1.807) is 12.4 Å². The summed E-state index contributed by atoms with van der Waals surface area (Å²) in [6.45, 7) is 3.98. The van der Waals surface area contributed by atoms with Crippen LogP contribution in [0.1, 0.15) is 19.9 Å². The molecule has 0 saturated heterocycles. The van der Waals surface area contributed by atoms with Crippen molar-refractivity contribution in [3.8, 4) is 0 Å². The quantitative estimate of drug-likeness (QED) is 0.858. The molecule has 2 rings (SSSR count). The van der Waals surface area contributed by atoms with E-state index in [-0.39, 0.29) is 16.2 Å². The van der Waals surface area contributed by atoms with Crippen LogP contribution >= 0.6 is 15.9 Å². The van der Waals surface area contributed by atoms with Crippen LogP contribution in [0, 0.1) is 11.6 Å². The van der Waals surface area contributed by atoms with Crippen LogP contribution in [0.5, 0.6) is 0 Å². The molecule has 0 unspecified atom stereocenters. The van der Waals surface area contributed by atoms with Crippen LogP contribution in [-0.4, -0.2) is 9.55 Å². The van der Waals surface area contributed by atoms with Crippen molar-refractivity contribution in [1.29, 1.82) is 0 Å². The number of imidazole rings is 1. The molecular weight excluding hydrogens is 304 g/mol. The molecule has 2 aromatic rings. The van der Waals surface area contributed by atoms with Gasteiger partial charge < -0.3 is 9.88 Å². The van der Waals surface area contributed by atoms with E-state index in [0.29, 0.717) is 5.95 Å². The summed E-state index contributed by atoms with van der Waals surface area (Å²) < 4.78 is 28.8. The molecule has 0 radical (unpaired) electrons. The summed E-state index contributed by atoms with van der Waals surface area (Å²) in [6, 6.07) is 2.38. The number of hydrogen-bond acceptors (Lipinski definition) is 2. The summed E-state index contributed by atoms with van der Waals surface area (Å²) in [5.41, 5.74) is 0.177. The van der Waals surface area contributed by atoms with Crippen LogP contribution in [0.2, 0.25) is 0 Å². The summed E-state index contributed by atoms with van der Waals surface area (Å²) >= 11 is 3.02. The van der Waals surface area contributed by atoms with Gasteiger partial charge in [0.2, 0.25) is 5.95 Å². The largest absolute Gasteiger partial charge is 0.323 e. The second-order valence-electron chi connectivity index (χ2n) is 4.12. The Morgan fingerprint density at radius 2 is 2.00 bits per heavy atom. The molecule has 0 atom stereocenters. The molecule has 0 aliphatic carbocycles. The van der Waals surface area contributed by atoms with Crippen molar-refractivity contribution in [3.63, 3.8) is 0 Å². The number of hydrogen-bond donors (Lipinski definition) is 1. The zero-order valence-electron chi connectivity index (χ0n) is 9.92. The van der Waals surface area contributed by atoms with Crippen LogP contribution < -0.4 is 5.32 Å². The van der Waals surface area contributed by atoms with Crippen molar-refractivity contribution in [2.45, 2.75) is 19.9 Å². The third kappa shape index (κ3) is 2.53. The lowest BCUT2D eigenvalue weighted by Gasteiger charge is -2.13. The second kappa shape index (κ2) is 5.06. The Labute approximate surface area is 112 Å². The van der Waals surface area contributed by atoms with Gasteiger partial charge in [-0.15, -0.1) is 0 Å². The second-order valence-corrected chi connectivity index (χ2v) is 4.98. The van der Waals surface area contributed by atoms with E-state index in [4.69, 9.17) is 0 Å². The van der Waals surface area contributed by atoms with Gasteiger partial charge in [0.05, 0.1) is 10.2 Å². The van der Waals surface area contributed by atoms with E-state index in [2.05, 4.69) is 26.2 Å². The van der Waals surface area contributed by atoms with Gasteiger partial charge in [0.1, 0.15) is 11.6 Å². The third-order valence-electron chi connectivity index (χ3n) is 2.48. The van der Waals surface area contributed by atoms with Crippen LogP contribution in [0.25, 0.3) is 0 Å². The molecule has 0 aliphatic rings. The van der Waals surface area contributed by atoms with Gasteiger partial charge in [0, 0.05) is 24.5 Å². The topological polar surface area (TPSA) is 29.9 Å². The standard InChI is InChI=1S/C12H12BrF2N3/c1-7(2)18-4-3-16-12(18)17-11-5-8(13)9(14)6-10(11)15/h3-7H,1-2H3,(H,16,17). The van der Waals surface area contributed by atoms with Crippen molar-refractivity contribution in [3.05, 3.63) is 40.6 Å². The van der Waals surface area contributed by atoms with Gasteiger partial charge in [0.25, 0.3) is 0 Å². The van der Waals surface area contributed by atoms with Gasteiger partial charge in [-0.3, -0.25) is 0 Å². The number of nitrogens with one attached hydrogen (secondary N) is 1. The molecule has 0 amide bonds. The molecule has 18 heavy (non-hydrogen) atoms. The summed E-state index contributed by atoms with van der Waals surface area (Å²) in [4.78, 5) is 4.10. The summed E-state index contributed by atoms with van der Waals surface area (Å²) in [7, 11) is 0. The van der Waals surface area contributed by atoms with Crippen LogP contribution in [-0.2, 0) is 0 Å². The average molecular weight is 316 g/mol. The van der Waals surface area contributed by atoms with Crippen LogP contribution in [0.15, 0.2) is 29.0 Å². The van der Waals surface area contributed by atoms with Crippen molar-refractivity contribution in [2.24, 2.45) is 0 Å². The van der Waals surface area contributed by atoms with Crippen molar-refractivity contribution in [2.75, 3.05) is 5.32 Å². The first-order valence-corrected chi connectivity index (χ1v) is 6.22. The number of rotatable bonds is 3. The zero-order valence-corrected chi connectivity index (χ0v) is 11.5. The van der Waals surface area contributed by atoms with Crippen molar-refractivity contribution >= 4 is 27.6 Å². The number of benzene rings is 1. The van der Waals surface area contributed by atoms with Gasteiger partial charge in [0.15, 0.2) is 0 Å². The molecule has 6 heteroatoms. The highest BCUT2D eigenvalue weighted by molar-refractivity contribution is 9.10. The number of nitrogens with zero attached hydrogens (tertiary/aromatic N) is 2. The Morgan fingerprint density at radius 3 is 2.67 bits per heavy atom. The Morgan fingerprint density at radius 1 is 1.28 bits per heavy atom. The maximum Gasteiger partial charge on any atom is 0.207 e. The number of aromatic nitrogens is 2. The first-order valence-electron chi connectivity index (χ1n) is 5.43. The fourth-order valence-corrected chi connectivity index (χ4v) is 1.91. The Bertz CT molecular complexity index is 566. The van der Waals surface area contributed by atoms with Gasteiger partial charge in [-0.25, -0.2) is 13.8 Å². The monoisotopic (exact) mass is 315 g/mol. The Balaban J connectivity index is 2.34. The average Bonchev–Trinajstić information content (AvgIpc) is 2.74. The van der Waals surface area contributed by atoms with Crippen molar-refractivity contribution in [1.82, 2.24) is 9.55 Å². The SMILES string of the molecule is CC(C)n1ccnc1Nc1cc(Br)c(F)cc1F. The fourth-order valence-electron chi connectivity index (χ4n) is 1.57. The highest BCUT2D eigenvalue weighted by Gasteiger charge is 2.11. The van der Waals surface area contributed by atoms with E-state index in [1.807, 2.05) is 18.4 Å². The first kappa shape index (κ1) is 13.0. The molecule has 3 nitrogen and oxygen atoms in total. The maximum absolute atomic E-state index is 13.6. The minimum absolute atomic E-state index is 0.177. The highest BCUT2D eigenvalue weighted by atomic mass is 79.9. The van der Waals surface area contributed by atoms with Crippen molar-refractivity contribution < 1.29 is 8.78 Å². The minimum atomic E-state index is -0.658. The van der Waals surface area contributed by atoms with E-state index in [1.165, 1.54) is 6.07 Å². The molecule has 1 N–H and O–H groups in total. The lowest BCUT2D eigenvalue weighted by atomic mass is 10.3. The van der Waals surface area contributed by atoms with E-state index in [0.717, 1.165) is 6.07 Å². The lowest BCUT2D eigenvalue weighted by Crippen LogP contribution is -2.06. The third-order valence-corrected chi connectivity index (χ3v) is 3.09. The van der Waals surface area contributed by atoms with E-state index < -0.39 is 11.6 Å². The van der Waals surface area contributed by atoms with Gasteiger partial charge in [-0.1, -0.05) is 0 Å². The first-order chi connectivity index (χ1) is 8.49. The van der Waals surface area contributed by atoms with Gasteiger partial charge in [-0.05, 0) is 35.8 Å². The molecule has 0 spiro atoms. The van der Waals surface area contributed by atoms with Gasteiger partial charge in [-0.2, -0.15) is 0 Å². The fraction of sp³-hybridized carbons (Fsp3) is 0.250. The zero-order chi connectivity index (χ0) is 13.3. The van der Waals surface area contributed by atoms with Crippen LogP contribution in [0.4, 0.5) is 20.4 Å². The Hall–Kier alpha value is -1.43. The smallest absolute Gasteiger partial charge is 0.207 e. The molecule has 1 aromatic carbocycles. The summed E-state index contributed by atoms with van der Waals surface area (Å²) in [5.74, 6) is -0.776. The van der Waals surface area contributed by atoms with Crippen LogP contribution in [0.3, 0.4) is 0 Å². The predicted molar refractivity (Wildman–Crippen MR) is 70.0 cm³/mol. The molecular formula is C12H12BrF2N3. The normalized spacial score (nSPS) is 11.0. The van der Waals surface area contributed by atoms with Gasteiger partial charge >= 0.3 is 0 Å². The molecule has 0 bridgehead atoms. The molecule has 0 fully saturated rings. The minimum Gasteiger partial charge on any atom is -0.323 e. The molecule has 1 heterocycles. The highest BCUT2D eigenvalue weighted by Crippen LogP contribution is 2.26. The maximum atomic E-state index is 13.6. The van der Waals surface area contributed by atoms with E-state index >= 15 is 0 Å². The number of anilines is 2. The Kier molecular flexibility index (Phi) is 3.65.